The van der Waals surface area contributed by atoms with E-state index in [1.807, 2.05) is 0 Å². The van der Waals surface area contributed by atoms with Crippen LogP contribution in [-0.4, -0.2) is 37.7 Å². The zero-order valence-electron chi connectivity index (χ0n) is 3.31. The monoisotopic (exact) mass is 109 g/mol. The quantitative estimate of drug-likeness (QED) is 0.438. The molecule has 0 aromatic carbocycles. The first-order valence-corrected chi connectivity index (χ1v) is 0.697. The van der Waals surface area contributed by atoms with E-state index in [0.717, 1.165) is 0 Å². The SMILES string of the molecule is N.N#CC#N.[Ca+2]. The molecule has 0 aliphatic rings. The van der Waals surface area contributed by atoms with Crippen molar-refractivity contribution in [3.05, 3.63) is 0 Å². The molecule has 6 heavy (non-hydrogen) atoms. The predicted molar refractivity (Wildman–Crippen MR) is 22.0 cm³/mol. The second-order valence-corrected chi connectivity index (χ2v) is 0.224. The van der Waals surface area contributed by atoms with Crippen molar-refractivity contribution in [2.75, 3.05) is 0 Å². The minimum atomic E-state index is 0. The smallest absolute Gasteiger partial charge is 0.344 e. The summed E-state index contributed by atoms with van der Waals surface area (Å²) < 4.78 is 0. The molecule has 4 heteroatoms. The van der Waals surface area contributed by atoms with E-state index in [-0.39, 0.29) is 43.9 Å². The summed E-state index contributed by atoms with van der Waals surface area (Å²) in [6.07, 6.45) is 0. The molecule has 0 spiro atoms. The number of nitriles is 2. The van der Waals surface area contributed by atoms with Gasteiger partial charge in [-0.05, 0) is 0 Å². The van der Waals surface area contributed by atoms with Gasteiger partial charge in [-0.15, -0.1) is 0 Å². The largest absolute Gasteiger partial charge is 2.00 e. The summed E-state index contributed by atoms with van der Waals surface area (Å²) in [6.45, 7) is 0. The number of hydrogen-bond acceptors (Lipinski definition) is 3. The maximum absolute atomic E-state index is 7.26. The van der Waals surface area contributed by atoms with Crippen molar-refractivity contribution in [1.29, 1.82) is 10.5 Å². The number of rotatable bonds is 0. The van der Waals surface area contributed by atoms with E-state index < -0.39 is 0 Å². The molecule has 0 heterocycles. The van der Waals surface area contributed by atoms with Gasteiger partial charge >= 0.3 is 37.7 Å². The first-order chi connectivity index (χ1) is 1.91. The molecule has 0 rings (SSSR count). The van der Waals surface area contributed by atoms with E-state index in [2.05, 4.69) is 0 Å². The minimum Gasteiger partial charge on any atom is -0.344 e. The van der Waals surface area contributed by atoms with Crippen LogP contribution >= 0.6 is 0 Å². The summed E-state index contributed by atoms with van der Waals surface area (Å²) in [4.78, 5) is 0. The Bertz CT molecular complexity index is 63.8. The fourth-order valence-corrected chi connectivity index (χ4v) is 0. The van der Waals surface area contributed by atoms with Gasteiger partial charge in [-0.1, -0.05) is 0 Å². The van der Waals surface area contributed by atoms with Gasteiger partial charge in [0.25, 0.3) is 0 Å². The van der Waals surface area contributed by atoms with Crippen LogP contribution < -0.4 is 6.15 Å². The Labute approximate surface area is 66.1 Å². The second-order valence-electron chi connectivity index (χ2n) is 0.224. The van der Waals surface area contributed by atoms with Crippen LogP contribution in [0.15, 0.2) is 0 Å². The Kier molecular flexibility index (Phi) is 51.7. The third kappa shape index (κ3) is 29.9. The van der Waals surface area contributed by atoms with Crippen LogP contribution in [0.1, 0.15) is 0 Å². The molecule has 0 amide bonds. The second kappa shape index (κ2) is 19.0. The van der Waals surface area contributed by atoms with Crippen molar-refractivity contribution in [1.82, 2.24) is 6.15 Å². The van der Waals surface area contributed by atoms with Gasteiger partial charge in [0, 0.05) is 0 Å². The topological polar surface area (TPSA) is 82.6 Å². The van der Waals surface area contributed by atoms with Crippen molar-refractivity contribution in [3.63, 3.8) is 0 Å². The summed E-state index contributed by atoms with van der Waals surface area (Å²) in [5.41, 5.74) is 0. The molecule has 0 aromatic heterocycles. The molecule has 3 N–H and O–H groups in total. The van der Waals surface area contributed by atoms with Crippen LogP contribution in [0.2, 0.25) is 0 Å². The van der Waals surface area contributed by atoms with Gasteiger partial charge < -0.3 is 6.15 Å². The summed E-state index contributed by atoms with van der Waals surface area (Å²) in [5.74, 6) is 0. The molecule has 0 radical (unpaired) electrons. The zero-order chi connectivity index (χ0) is 3.41. The summed E-state index contributed by atoms with van der Waals surface area (Å²) in [5, 5.41) is 14.5. The van der Waals surface area contributed by atoms with Crippen molar-refractivity contribution in [2.24, 2.45) is 0 Å². The molecular formula is C2H3CaN3+2. The Morgan fingerprint density at radius 1 is 1.00 bits per heavy atom. The Balaban J connectivity index is -0.0000000450. The van der Waals surface area contributed by atoms with Crippen LogP contribution in [0, 0.1) is 22.7 Å². The third-order valence-corrected chi connectivity index (χ3v) is 0.0500. The van der Waals surface area contributed by atoms with E-state index in [4.69, 9.17) is 10.5 Å². The first kappa shape index (κ1) is 16.4. The van der Waals surface area contributed by atoms with Gasteiger partial charge in [0.15, 0.2) is 12.1 Å². The van der Waals surface area contributed by atoms with Crippen molar-refractivity contribution in [2.45, 2.75) is 0 Å². The maximum atomic E-state index is 7.26. The average Bonchev–Trinajstić information content (AvgIpc) is 1.37. The van der Waals surface area contributed by atoms with Gasteiger partial charge in [0.2, 0.25) is 0 Å². The molecule has 0 atom stereocenters. The Morgan fingerprint density at radius 3 is 1.17 bits per heavy atom. The minimum absolute atomic E-state index is 0. The van der Waals surface area contributed by atoms with E-state index >= 15 is 0 Å². The summed E-state index contributed by atoms with van der Waals surface area (Å²) in [7, 11) is 0. The fourth-order valence-electron chi connectivity index (χ4n) is 0. The molecule has 0 aliphatic carbocycles. The van der Waals surface area contributed by atoms with Crippen molar-refractivity contribution in [3.8, 4) is 12.1 Å². The van der Waals surface area contributed by atoms with Gasteiger partial charge in [0.1, 0.15) is 0 Å². The molecule has 3 nitrogen and oxygen atoms in total. The standard InChI is InChI=1S/C2N2.Ca.H3N/c3-1-2-4;;/h;;1H3/q;+2;. The molecule has 0 aromatic rings. The first-order valence-electron chi connectivity index (χ1n) is 0.697. The summed E-state index contributed by atoms with van der Waals surface area (Å²) in [6, 6.07) is 2.47. The van der Waals surface area contributed by atoms with Crippen LogP contribution in [0.3, 0.4) is 0 Å². The van der Waals surface area contributed by atoms with E-state index in [1.54, 1.807) is 0 Å². The number of hydrogen-bond donors (Lipinski definition) is 1. The van der Waals surface area contributed by atoms with Gasteiger partial charge in [-0.2, -0.15) is 10.5 Å². The summed E-state index contributed by atoms with van der Waals surface area (Å²) >= 11 is 0. The van der Waals surface area contributed by atoms with Gasteiger partial charge in [-0.3, -0.25) is 0 Å². The number of nitrogens with zero attached hydrogens (tertiary/aromatic N) is 2. The van der Waals surface area contributed by atoms with Gasteiger partial charge in [-0.25, -0.2) is 0 Å². The van der Waals surface area contributed by atoms with Crippen molar-refractivity contribution < 1.29 is 0 Å². The van der Waals surface area contributed by atoms with Crippen molar-refractivity contribution >= 4 is 37.7 Å². The zero-order valence-corrected chi connectivity index (χ0v) is 5.52. The Hall–Kier alpha value is 0.200. The van der Waals surface area contributed by atoms with E-state index in [0.29, 0.717) is 0 Å². The predicted octanol–water partition coefficient (Wildman–Crippen LogP) is -0.185. The normalized spacial score (nSPS) is 1.67. The molecule has 26 valence electrons. The molecule has 0 bridgehead atoms. The van der Waals surface area contributed by atoms with Crippen LogP contribution in [-0.2, 0) is 0 Å². The van der Waals surface area contributed by atoms with Crippen LogP contribution in [0.5, 0.6) is 0 Å². The Morgan fingerprint density at radius 2 is 1.17 bits per heavy atom. The van der Waals surface area contributed by atoms with Crippen LogP contribution in [0.4, 0.5) is 0 Å². The molecule has 0 aliphatic heterocycles. The molecule has 0 saturated carbocycles. The average molecular weight is 109 g/mol. The third-order valence-electron chi connectivity index (χ3n) is 0.0500. The fraction of sp³-hybridized carbons (Fsp3) is 0. The molecular weight excluding hydrogens is 106 g/mol. The van der Waals surface area contributed by atoms with E-state index in [9.17, 15) is 0 Å². The maximum Gasteiger partial charge on any atom is 2.00 e. The van der Waals surface area contributed by atoms with Crippen LogP contribution in [0.25, 0.3) is 0 Å². The molecule has 0 saturated heterocycles. The molecule has 0 fully saturated rings. The van der Waals surface area contributed by atoms with Gasteiger partial charge in [0.05, 0.1) is 0 Å². The molecule has 0 unspecified atom stereocenters. The van der Waals surface area contributed by atoms with E-state index in [1.165, 1.54) is 12.1 Å².